The molecule has 0 amide bonds. The summed E-state index contributed by atoms with van der Waals surface area (Å²) in [5.74, 6) is -2.96. The zero-order valence-corrected chi connectivity index (χ0v) is 17.4. The average Bonchev–Trinajstić information content (AvgIpc) is 2.96. The minimum atomic E-state index is -2.06. The van der Waals surface area contributed by atoms with Gasteiger partial charge in [0.15, 0.2) is 5.41 Å². The van der Waals surface area contributed by atoms with Crippen LogP contribution >= 0.6 is 0 Å². The van der Waals surface area contributed by atoms with Gasteiger partial charge in [-0.25, -0.2) is 4.39 Å². The quantitative estimate of drug-likeness (QED) is 0.770. The van der Waals surface area contributed by atoms with E-state index in [1.807, 2.05) is 19.1 Å². The Labute approximate surface area is 184 Å². The van der Waals surface area contributed by atoms with Crippen molar-refractivity contribution in [1.29, 1.82) is 21.2 Å². The third-order valence-corrected chi connectivity index (χ3v) is 6.41. The number of nitrogens with one attached hydrogen (secondary N) is 1. The highest BCUT2D eigenvalue weighted by Crippen LogP contribution is 2.68. The van der Waals surface area contributed by atoms with Crippen LogP contribution in [0.4, 0.5) is 4.39 Å². The summed E-state index contributed by atoms with van der Waals surface area (Å²) in [5.41, 5.74) is -3.14. The third kappa shape index (κ3) is 2.49. The van der Waals surface area contributed by atoms with Gasteiger partial charge in [0, 0.05) is 5.56 Å². The lowest BCUT2D eigenvalue weighted by Gasteiger charge is -2.48. The van der Waals surface area contributed by atoms with Crippen LogP contribution < -0.4 is 4.74 Å². The van der Waals surface area contributed by atoms with E-state index in [0.29, 0.717) is 23.5 Å². The number of hydrogen-bond donors (Lipinski definition) is 1. The fourth-order valence-electron chi connectivity index (χ4n) is 4.76. The van der Waals surface area contributed by atoms with Crippen molar-refractivity contribution in [1.82, 2.24) is 0 Å². The summed E-state index contributed by atoms with van der Waals surface area (Å²) in [5, 5.41) is 39.3. The summed E-state index contributed by atoms with van der Waals surface area (Å²) < 4.78 is 31.3. The SMILES string of the molecule is CCOc1ccc(C2OC3(c4ccc(F)cc4)OC(=N)C(C#N)(C3C)C2(C#N)C#N)cc1. The van der Waals surface area contributed by atoms with E-state index >= 15 is 0 Å². The van der Waals surface area contributed by atoms with E-state index in [-0.39, 0.29) is 0 Å². The molecule has 0 aromatic heterocycles. The molecule has 0 radical (unpaired) electrons. The summed E-state index contributed by atoms with van der Waals surface area (Å²) in [6, 6.07) is 18.1. The van der Waals surface area contributed by atoms with Crippen LogP contribution in [0.1, 0.15) is 31.1 Å². The molecule has 2 heterocycles. The maximum atomic E-state index is 13.6. The Balaban J connectivity index is 1.97. The van der Waals surface area contributed by atoms with E-state index in [0.717, 1.165) is 0 Å². The molecule has 0 aliphatic carbocycles. The summed E-state index contributed by atoms with van der Waals surface area (Å²) in [4.78, 5) is 0. The minimum Gasteiger partial charge on any atom is -0.494 e. The van der Waals surface area contributed by atoms with Crippen molar-refractivity contribution in [2.45, 2.75) is 25.7 Å². The van der Waals surface area contributed by atoms with E-state index in [1.165, 1.54) is 24.3 Å². The molecule has 4 rings (SSSR count). The van der Waals surface area contributed by atoms with Gasteiger partial charge in [-0.3, -0.25) is 5.41 Å². The summed E-state index contributed by atoms with van der Waals surface area (Å²) >= 11 is 0. The largest absolute Gasteiger partial charge is 0.494 e. The number of ether oxygens (including phenoxy) is 3. The molecule has 2 fully saturated rings. The maximum absolute atomic E-state index is 13.6. The smallest absolute Gasteiger partial charge is 0.244 e. The van der Waals surface area contributed by atoms with Gasteiger partial charge in [-0.1, -0.05) is 19.1 Å². The average molecular weight is 430 g/mol. The molecule has 0 spiro atoms. The van der Waals surface area contributed by atoms with Gasteiger partial charge in [0.2, 0.25) is 17.1 Å². The number of halogens is 1. The zero-order chi connectivity index (χ0) is 23.1. The molecule has 8 heteroatoms. The van der Waals surface area contributed by atoms with Crippen molar-refractivity contribution < 1.29 is 18.6 Å². The van der Waals surface area contributed by atoms with Crippen molar-refractivity contribution in [3.63, 3.8) is 0 Å². The normalized spacial score (nSPS) is 29.8. The summed E-state index contributed by atoms with van der Waals surface area (Å²) in [6.45, 7) is 3.92. The van der Waals surface area contributed by atoms with Crippen LogP contribution in [0.25, 0.3) is 0 Å². The Hall–Kier alpha value is -3.93. The van der Waals surface area contributed by atoms with Gasteiger partial charge in [0.1, 0.15) is 17.7 Å². The van der Waals surface area contributed by atoms with Crippen molar-refractivity contribution in [2.75, 3.05) is 6.61 Å². The van der Waals surface area contributed by atoms with Gasteiger partial charge in [0.25, 0.3) is 0 Å². The molecule has 2 bridgehead atoms. The van der Waals surface area contributed by atoms with Crippen molar-refractivity contribution >= 4 is 5.90 Å². The zero-order valence-electron chi connectivity index (χ0n) is 17.4. The third-order valence-electron chi connectivity index (χ3n) is 6.41. The molecule has 2 aromatic carbocycles. The Bertz CT molecular complexity index is 1180. The molecule has 160 valence electrons. The van der Waals surface area contributed by atoms with Crippen LogP contribution in [-0.4, -0.2) is 12.5 Å². The van der Waals surface area contributed by atoms with Gasteiger partial charge in [-0.05, 0) is 48.9 Å². The molecule has 1 N–H and O–H groups in total. The van der Waals surface area contributed by atoms with Gasteiger partial charge >= 0.3 is 0 Å². The van der Waals surface area contributed by atoms with E-state index in [4.69, 9.17) is 19.6 Å². The Kier molecular flexibility index (Phi) is 4.89. The number of nitrogens with zero attached hydrogens (tertiary/aromatic N) is 3. The predicted molar refractivity (Wildman–Crippen MR) is 109 cm³/mol. The molecule has 0 saturated carbocycles. The molecule has 4 unspecified atom stereocenters. The van der Waals surface area contributed by atoms with Crippen LogP contribution in [0.2, 0.25) is 0 Å². The van der Waals surface area contributed by atoms with Crippen molar-refractivity contribution in [2.24, 2.45) is 16.7 Å². The minimum absolute atomic E-state index is 0.383. The highest BCUT2D eigenvalue weighted by molar-refractivity contribution is 5.89. The summed E-state index contributed by atoms with van der Waals surface area (Å²) in [7, 11) is 0. The topological polar surface area (TPSA) is 123 Å². The van der Waals surface area contributed by atoms with Crippen molar-refractivity contribution in [3.05, 3.63) is 65.5 Å². The number of benzene rings is 2. The van der Waals surface area contributed by atoms with Gasteiger partial charge in [-0.2, -0.15) is 15.8 Å². The lowest BCUT2D eigenvalue weighted by atomic mass is 9.53. The van der Waals surface area contributed by atoms with E-state index in [2.05, 4.69) is 6.07 Å². The molecule has 4 atom stereocenters. The van der Waals surface area contributed by atoms with E-state index < -0.39 is 40.4 Å². The maximum Gasteiger partial charge on any atom is 0.244 e. The molecular formula is C24H19FN4O3. The first-order valence-electron chi connectivity index (χ1n) is 10.0. The molecule has 2 aliphatic heterocycles. The second-order valence-corrected chi connectivity index (χ2v) is 7.78. The van der Waals surface area contributed by atoms with E-state index in [1.54, 1.807) is 31.2 Å². The molecule has 32 heavy (non-hydrogen) atoms. The Morgan fingerprint density at radius 2 is 1.66 bits per heavy atom. The van der Waals surface area contributed by atoms with E-state index in [9.17, 15) is 20.2 Å². The molecule has 2 saturated heterocycles. The van der Waals surface area contributed by atoms with Crippen molar-refractivity contribution in [3.8, 4) is 24.0 Å². The number of rotatable bonds is 4. The highest BCUT2D eigenvalue weighted by atomic mass is 19.1. The van der Waals surface area contributed by atoms with Crippen LogP contribution in [0.15, 0.2) is 48.5 Å². The number of nitriles is 3. The molecular weight excluding hydrogens is 411 g/mol. The molecule has 7 nitrogen and oxygen atoms in total. The second-order valence-electron chi connectivity index (χ2n) is 7.78. The standard InChI is InChI=1S/C24H19FN4O3/c1-3-30-19-10-4-16(5-11-19)20-22(12-26,13-27)23(14-28)15(2)24(31-20,32-21(23)29)17-6-8-18(25)9-7-17/h4-11,15,20,29H,3H2,1-2H3. The fourth-order valence-corrected chi connectivity index (χ4v) is 4.76. The van der Waals surface area contributed by atoms with Crippen LogP contribution in [0, 0.1) is 62.0 Å². The second kappa shape index (κ2) is 7.34. The van der Waals surface area contributed by atoms with Gasteiger partial charge in [0.05, 0.1) is 30.7 Å². The predicted octanol–water partition coefficient (Wildman–Crippen LogP) is 4.34. The Morgan fingerprint density at radius 3 is 2.19 bits per heavy atom. The van der Waals surface area contributed by atoms with Crippen LogP contribution in [0.3, 0.4) is 0 Å². The first kappa shape index (κ1) is 21.3. The monoisotopic (exact) mass is 430 g/mol. The first-order chi connectivity index (χ1) is 15.3. The van der Waals surface area contributed by atoms with Gasteiger partial charge in [-0.15, -0.1) is 0 Å². The lowest BCUT2D eigenvalue weighted by Crippen LogP contribution is -2.57. The Morgan fingerprint density at radius 1 is 1.03 bits per heavy atom. The van der Waals surface area contributed by atoms with Gasteiger partial charge < -0.3 is 14.2 Å². The summed E-state index contributed by atoms with van der Waals surface area (Å²) in [6.07, 6.45) is -1.23. The van der Waals surface area contributed by atoms with Crippen LogP contribution in [0.5, 0.6) is 5.75 Å². The lowest BCUT2D eigenvalue weighted by molar-refractivity contribution is -0.288. The molecule has 2 aromatic rings. The number of fused-ring (bicyclic) bond motifs is 2. The highest BCUT2D eigenvalue weighted by Gasteiger charge is 2.79. The fraction of sp³-hybridized carbons (Fsp3) is 0.333. The first-order valence-corrected chi connectivity index (χ1v) is 10.0. The molecule has 2 aliphatic rings. The van der Waals surface area contributed by atoms with Crippen LogP contribution in [-0.2, 0) is 15.3 Å². The number of hydrogen-bond acceptors (Lipinski definition) is 7.